The Kier molecular flexibility index (Phi) is 5.06. The third-order valence-corrected chi connectivity index (χ3v) is 7.01. The highest BCUT2D eigenvalue weighted by atomic mass is 32.1. The zero-order valence-electron chi connectivity index (χ0n) is 16.3. The van der Waals surface area contributed by atoms with Gasteiger partial charge in [-0.2, -0.15) is 4.99 Å². The van der Waals surface area contributed by atoms with Gasteiger partial charge in [0.05, 0.1) is 20.0 Å². The lowest BCUT2D eigenvalue weighted by molar-refractivity contribution is -0.384. The van der Waals surface area contributed by atoms with E-state index in [4.69, 9.17) is 0 Å². The van der Waals surface area contributed by atoms with Crippen molar-refractivity contribution in [2.24, 2.45) is 4.99 Å². The second-order valence-corrected chi connectivity index (χ2v) is 9.04. The number of aryl methyl sites for hydroxylation is 3. The maximum absolute atomic E-state index is 12.9. The molecule has 2 aromatic heterocycles. The minimum atomic E-state index is -0.433. The van der Waals surface area contributed by atoms with Gasteiger partial charge in [-0.3, -0.25) is 14.9 Å². The SMILES string of the molecule is CCCn1c(=NC(=O)c2cc3cc([N+](=O)[O-])ccc3s2)sc2cc(C)c(C)cc21. The molecule has 0 spiro atoms. The van der Waals surface area contributed by atoms with Gasteiger partial charge < -0.3 is 4.57 Å². The standard InChI is InChI=1S/C21H19N3O3S2/c1-4-7-23-16-8-12(2)13(3)9-18(16)29-21(23)22-20(25)19-11-14-10-15(24(26)27)5-6-17(14)28-19/h5-6,8-11H,4,7H2,1-3H3. The molecule has 0 saturated carbocycles. The summed E-state index contributed by atoms with van der Waals surface area (Å²) in [5.41, 5.74) is 3.54. The topological polar surface area (TPSA) is 77.5 Å². The molecule has 4 rings (SSSR count). The smallest absolute Gasteiger partial charge is 0.289 e. The zero-order chi connectivity index (χ0) is 20.7. The maximum atomic E-state index is 12.9. The number of carbonyl (C=O) groups excluding carboxylic acids is 1. The van der Waals surface area contributed by atoms with Gasteiger partial charge in [-0.1, -0.05) is 18.3 Å². The molecule has 148 valence electrons. The maximum Gasteiger partial charge on any atom is 0.289 e. The van der Waals surface area contributed by atoms with E-state index in [1.54, 1.807) is 12.1 Å². The minimum absolute atomic E-state index is 0.0160. The Morgan fingerprint density at radius 1 is 1.10 bits per heavy atom. The molecule has 0 unspecified atom stereocenters. The number of carbonyl (C=O) groups is 1. The number of fused-ring (bicyclic) bond motifs is 2. The molecule has 4 aromatic rings. The lowest BCUT2D eigenvalue weighted by atomic mass is 10.1. The molecule has 0 N–H and O–H groups in total. The van der Waals surface area contributed by atoms with E-state index in [-0.39, 0.29) is 11.6 Å². The normalized spacial score (nSPS) is 12.2. The van der Waals surface area contributed by atoms with Crippen LogP contribution in [0.4, 0.5) is 5.69 Å². The number of benzene rings is 2. The van der Waals surface area contributed by atoms with Crippen LogP contribution in [0.15, 0.2) is 41.4 Å². The molecule has 2 aromatic carbocycles. The predicted octanol–water partition coefficient (Wildman–Crippen LogP) is 5.59. The number of hydrogen-bond donors (Lipinski definition) is 0. The summed E-state index contributed by atoms with van der Waals surface area (Å²) in [6, 6.07) is 10.6. The molecule has 2 heterocycles. The third-order valence-electron chi connectivity index (χ3n) is 4.86. The first-order valence-corrected chi connectivity index (χ1v) is 10.9. The Labute approximate surface area is 174 Å². The van der Waals surface area contributed by atoms with Crippen LogP contribution in [0.25, 0.3) is 20.3 Å². The molecule has 0 bridgehead atoms. The summed E-state index contributed by atoms with van der Waals surface area (Å²) in [4.78, 5) is 29.0. The van der Waals surface area contributed by atoms with E-state index >= 15 is 0 Å². The van der Waals surface area contributed by atoms with Crippen molar-refractivity contribution in [3.8, 4) is 0 Å². The van der Waals surface area contributed by atoms with Crippen LogP contribution in [-0.2, 0) is 6.54 Å². The summed E-state index contributed by atoms with van der Waals surface area (Å²) in [7, 11) is 0. The highest BCUT2D eigenvalue weighted by Gasteiger charge is 2.14. The second-order valence-electron chi connectivity index (χ2n) is 6.95. The fraction of sp³-hybridized carbons (Fsp3) is 0.238. The van der Waals surface area contributed by atoms with Crippen molar-refractivity contribution < 1.29 is 9.72 Å². The first-order chi connectivity index (χ1) is 13.9. The first-order valence-electron chi connectivity index (χ1n) is 9.25. The van der Waals surface area contributed by atoms with E-state index in [1.807, 2.05) is 0 Å². The summed E-state index contributed by atoms with van der Waals surface area (Å²) >= 11 is 2.82. The quantitative estimate of drug-likeness (QED) is 0.316. The van der Waals surface area contributed by atoms with Crippen molar-refractivity contribution in [2.75, 3.05) is 0 Å². The average Bonchev–Trinajstić information content (AvgIpc) is 3.24. The fourth-order valence-electron chi connectivity index (χ4n) is 3.24. The minimum Gasteiger partial charge on any atom is -0.316 e. The molecule has 0 saturated heterocycles. The summed E-state index contributed by atoms with van der Waals surface area (Å²) in [5, 5.41) is 11.7. The fourth-order valence-corrected chi connectivity index (χ4v) is 5.30. The monoisotopic (exact) mass is 425 g/mol. The van der Waals surface area contributed by atoms with Gasteiger partial charge in [0.25, 0.3) is 11.6 Å². The molecule has 0 fully saturated rings. The van der Waals surface area contributed by atoms with Crippen LogP contribution in [0.2, 0.25) is 0 Å². The number of thiazole rings is 1. The summed E-state index contributed by atoms with van der Waals surface area (Å²) in [5.74, 6) is -0.321. The molecule has 6 nitrogen and oxygen atoms in total. The largest absolute Gasteiger partial charge is 0.316 e. The number of aromatic nitrogens is 1. The molecule has 0 atom stereocenters. The highest BCUT2D eigenvalue weighted by molar-refractivity contribution is 7.21. The summed E-state index contributed by atoms with van der Waals surface area (Å²) in [6.45, 7) is 7.05. The molecule has 0 radical (unpaired) electrons. The number of thiophene rings is 1. The van der Waals surface area contributed by atoms with Crippen LogP contribution in [0.5, 0.6) is 0 Å². The Balaban J connectivity index is 1.82. The van der Waals surface area contributed by atoms with Crippen molar-refractivity contribution in [1.82, 2.24) is 4.57 Å². The molecule has 29 heavy (non-hydrogen) atoms. The van der Waals surface area contributed by atoms with Gasteiger partial charge in [-0.15, -0.1) is 11.3 Å². The van der Waals surface area contributed by atoms with Crippen LogP contribution in [0.3, 0.4) is 0 Å². The van der Waals surface area contributed by atoms with Gasteiger partial charge in [0, 0.05) is 28.8 Å². The Morgan fingerprint density at radius 3 is 2.59 bits per heavy atom. The summed E-state index contributed by atoms with van der Waals surface area (Å²) in [6.07, 6.45) is 0.937. The third kappa shape index (κ3) is 3.61. The molecule has 0 aliphatic carbocycles. The first kappa shape index (κ1) is 19.5. The van der Waals surface area contributed by atoms with Gasteiger partial charge in [0.15, 0.2) is 4.80 Å². The van der Waals surface area contributed by atoms with Crippen molar-refractivity contribution in [2.45, 2.75) is 33.7 Å². The van der Waals surface area contributed by atoms with Gasteiger partial charge in [0.2, 0.25) is 0 Å². The number of nitro benzene ring substituents is 1. The Morgan fingerprint density at radius 2 is 1.86 bits per heavy atom. The molecule has 0 aliphatic rings. The number of nitrogens with zero attached hydrogens (tertiary/aromatic N) is 3. The van der Waals surface area contributed by atoms with E-state index in [0.29, 0.717) is 15.1 Å². The van der Waals surface area contributed by atoms with Crippen molar-refractivity contribution >= 4 is 54.6 Å². The van der Waals surface area contributed by atoms with Gasteiger partial charge in [-0.25, -0.2) is 0 Å². The van der Waals surface area contributed by atoms with Gasteiger partial charge >= 0.3 is 0 Å². The van der Waals surface area contributed by atoms with Crippen molar-refractivity contribution in [3.05, 3.63) is 67.3 Å². The second kappa shape index (κ2) is 7.53. The number of hydrogen-bond acceptors (Lipinski definition) is 5. The average molecular weight is 426 g/mol. The van der Waals surface area contributed by atoms with Crippen LogP contribution >= 0.6 is 22.7 Å². The zero-order valence-corrected chi connectivity index (χ0v) is 17.9. The number of amides is 1. The van der Waals surface area contributed by atoms with E-state index in [1.165, 1.54) is 45.9 Å². The number of rotatable bonds is 4. The lowest BCUT2D eigenvalue weighted by Crippen LogP contribution is -2.16. The highest BCUT2D eigenvalue weighted by Crippen LogP contribution is 2.29. The molecule has 0 aliphatic heterocycles. The lowest BCUT2D eigenvalue weighted by Gasteiger charge is -2.05. The van der Waals surface area contributed by atoms with Gasteiger partial charge in [0.1, 0.15) is 0 Å². The van der Waals surface area contributed by atoms with E-state index in [9.17, 15) is 14.9 Å². The summed E-state index contributed by atoms with van der Waals surface area (Å²) < 4.78 is 4.04. The molecule has 8 heteroatoms. The Hall–Kier alpha value is -2.84. The molecular weight excluding hydrogens is 406 g/mol. The number of nitro groups is 1. The molecule has 1 amide bonds. The van der Waals surface area contributed by atoms with Crippen LogP contribution in [0.1, 0.15) is 34.1 Å². The molecular formula is C21H19N3O3S2. The van der Waals surface area contributed by atoms with Crippen LogP contribution in [0, 0.1) is 24.0 Å². The van der Waals surface area contributed by atoms with Crippen LogP contribution in [-0.4, -0.2) is 15.4 Å². The van der Waals surface area contributed by atoms with Crippen molar-refractivity contribution in [3.63, 3.8) is 0 Å². The van der Waals surface area contributed by atoms with E-state index in [2.05, 4.69) is 42.5 Å². The van der Waals surface area contributed by atoms with E-state index in [0.717, 1.165) is 27.9 Å². The van der Waals surface area contributed by atoms with Gasteiger partial charge in [-0.05, 0) is 55.7 Å². The predicted molar refractivity (Wildman–Crippen MR) is 118 cm³/mol. The van der Waals surface area contributed by atoms with Crippen molar-refractivity contribution in [1.29, 1.82) is 0 Å². The van der Waals surface area contributed by atoms with E-state index < -0.39 is 4.92 Å². The number of non-ortho nitro benzene ring substituents is 1. The Bertz CT molecular complexity index is 1340. The van der Waals surface area contributed by atoms with Crippen LogP contribution < -0.4 is 4.80 Å².